The van der Waals surface area contributed by atoms with Crippen molar-refractivity contribution in [3.05, 3.63) is 53.3 Å². The third-order valence-corrected chi connectivity index (χ3v) is 4.83. The van der Waals surface area contributed by atoms with Crippen LogP contribution < -0.4 is 4.74 Å². The highest BCUT2D eigenvalue weighted by molar-refractivity contribution is 7.99. The van der Waals surface area contributed by atoms with Crippen molar-refractivity contribution in [2.45, 2.75) is 38.0 Å². The van der Waals surface area contributed by atoms with Crippen LogP contribution in [0.4, 0.5) is 4.39 Å². The molecule has 0 bridgehead atoms. The number of thioether (sulfide) groups is 1. The van der Waals surface area contributed by atoms with Crippen LogP contribution in [-0.2, 0) is 6.42 Å². The third kappa shape index (κ3) is 5.23. The maximum absolute atomic E-state index is 14.4. The van der Waals surface area contributed by atoms with Crippen molar-refractivity contribution < 1.29 is 19.0 Å². The summed E-state index contributed by atoms with van der Waals surface area (Å²) in [5.74, 6) is -0.202. The lowest BCUT2D eigenvalue weighted by molar-refractivity contribution is 0.101. The minimum Gasteiger partial charge on any atom is -0.507 e. The van der Waals surface area contributed by atoms with Crippen LogP contribution in [0.25, 0.3) is 0 Å². The lowest BCUT2D eigenvalue weighted by Crippen LogP contribution is -2.06. The van der Waals surface area contributed by atoms with Gasteiger partial charge in [-0.05, 0) is 38.0 Å². The van der Waals surface area contributed by atoms with E-state index in [9.17, 15) is 14.3 Å². The van der Waals surface area contributed by atoms with E-state index in [1.165, 1.54) is 11.8 Å². The first-order valence-electron chi connectivity index (χ1n) is 8.40. The topological polar surface area (TPSA) is 46.5 Å². The third-order valence-electron chi connectivity index (χ3n) is 3.73. The number of phenols is 1. The lowest BCUT2D eigenvalue weighted by atomic mass is 10.0. The Kier molecular flexibility index (Phi) is 7.31. The largest absolute Gasteiger partial charge is 0.507 e. The molecule has 0 spiro atoms. The molecule has 1 N–H and O–H groups in total. The Balaban J connectivity index is 2.00. The molecule has 134 valence electrons. The number of carbonyl (C=O) groups excluding carboxylic acids is 1. The molecule has 2 rings (SSSR count). The first kappa shape index (κ1) is 19.3. The predicted octanol–water partition coefficient (Wildman–Crippen LogP) is 5.25. The van der Waals surface area contributed by atoms with E-state index < -0.39 is 5.82 Å². The van der Waals surface area contributed by atoms with Gasteiger partial charge < -0.3 is 9.84 Å². The van der Waals surface area contributed by atoms with E-state index in [4.69, 9.17) is 4.74 Å². The average molecular weight is 362 g/mol. The summed E-state index contributed by atoms with van der Waals surface area (Å²) in [5.41, 5.74) is 0.386. The van der Waals surface area contributed by atoms with Gasteiger partial charge in [-0.2, -0.15) is 0 Å². The van der Waals surface area contributed by atoms with Crippen LogP contribution in [0.3, 0.4) is 0 Å². The fraction of sp³-hybridized carbons (Fsp3) is 0.350. The minimum atomic E-state index is -0.595. The van der Waals surface area contributed by atoms with Crippen LogP contribution in [0.1, 0.15) is 42.6 Å². The van der Waals surface area contributed by atoms with E-state index in [1.54, 1.807) is 11.8 Å². The predicted molar refractivity (Wildman–Crippen MR) is 99.3 cm³/mol. The fourth-order valence-electron chi connectivity index (χ4n) is 2.52. The average Bonchev–Trinajstić information content (AvgIpc) is 2.60. The van der Waals surface area contributed by atoms with E-state index in [1.807, 2.05) is 37.3 Å². The summed E-state index contributed by atoms with van der Waals surface area (Å²) in [5, 5.41) is 10.3. The second kappa shape index (κ2) is 9.47. The molecule has 0 unspecified atom stereocenters. The highest BCUT2D eigenvalue weighted by Crippen LogP contribution is 2.35. The Morgan fingerprint density at radius 2 is 2.00 bits per heavy atom. The molecule has 0 aromatic heterocycles. The van der Waals surface area contributed by atoms with Crippen LogP contribution in [0.2, 0.25) is 0 Å². The summed E-state index contributed by atoms with van der Waals surface area (Å²) in [4.78, 5) is 12.7. The number of aromatic hydroxyl groups is 1. The van der Waals surface area contributed by atoms with E-state index >= 15 is 0 Å². The molecule has 0 aliphatic carbocycles. The highest BCUT2D eigenvalue weighted by Gasteiger charge is 2.20. The Morgan fingerprint density at radius 3 is 2.64 bits per heavy atom. The van der Waals surface area contributed by atoms with Crippen molar-refractivity contribution >= 4 is 17.5 Å². The monoisotopic (exact) mass is 362 g/mol. The minimum absolute atomic E-state index is 0.00735. The molecule has 0 atom stereocenters. The van der Waals surface area contributed by atoms with Crippen LogP contribution >= 0.6 is 11.8 Å². The van der Waals surface area contributed by atoms with Crippen LogP contribution in [0.5, 0.6) is 11.5 Å². The summed E-state index contributed by atoms with van der Waals surface area (Å²) in [6, 6.07) is 11.1. The second-order valence-corrected chi connectivity index (χ2v) is 6.90. The molecule has 0 fully saturated rings. The summed E-state index contributed by atoms with van der Waals surface area (Å²) in [6.07, 6.45) is 1.92. The zero-order valence-corrected chi connectivity index (χ0v) is 15.4. The SMILES string of the molecule is CCCc1c(O)c(C(C)=O)cc(F)c1OCCCSc1ccccc1. The van der Waals surface area contributed by atoms with Gasteiger partial charge in [0.2, 0.25) is 0 Å². The number of rotatable bonds is 9. The molecule has 2 aromatic carbocycles. The summed E-state index contributed by atoms with van der Waals surface area (Å²) in [6.45, 7) is 3.59. The van der Waals surface area contributed by atoms with Crippen molar-refractivity contribution in [2.24, 2.45) is 0 Å². The Hall–Kier alpha value is -2.01. The van der Waals surface area contributed by atoms with E-state index in [0.717, 1.165) is 18.2 Å². The van der Waals surface area contributed by atoms with E-state index in [2.05, 4.69) is 0 Å². The molecular weight excluding hydrogens is 339 g/mol. The van der Waals surface area contributed by atoms with Gasteiger partial charge in [0.15, 0.2) is 17.3 Å². The molecule has 25 heavy (non-hydrogen) atoms. The smallest absolute Gasteiger partial charge is 0.166 e. The number of phenolic OH excluding ortho intramolecular Hbond substituents is 1. The Labute approximate surface area is 152 Å². The number of halogens is 1. The molecule has 2 aromatic rings. The molecule has 0 aliphatic rings. The van der Waals surface area contributed by atoms with Gasteiger partial charge in [0.25, 0.3) is 0 Å². The van der Waals surface area contributed by atoms with E-state index in [0.29, 0.717) is 25.0 Å². The first-order chi connectivity index (χ1) is 12.0. The van der Waals surface area contributed by atoms with E-state index in [-0.39, 0.29) is 22.8 Å². The fourth-order valence-corrected chi connectivity index (χ4v) is 3.37. The second-order valence-electron chi connectivity index (χ2n) is 5.73. The molecule has 3 nitrogen and oxygen atoms in total. The number of carbonyl (C=O) groups is 1. The van der Waals surface area contributed by atoms with Crippen molar-refractivity contribution in [3.63, 3.8) is 0 Å². The van der Waals surface area contributed by atoms with Crippen molar-refractivity contribution in [1.82, 2.24) is 0 Å². The zero-order chi connectivity index (χ0) is 18.2. The molecule has 0 saturated carbocycles. The summed E-state index contributed by atoms with van der Waals surface area (Å²) >= 11 is 1.72. The molecule has 0 amide bonds. The molecule has 5 heteroatoms. The molecule has 0 saturated heterocycles. The van der Waals surface area contributed by atoms with Gasteiger partial charge in [0.1, 0.15) is 5.75 Å². The number of benzene rings is 2. The van der Waals surface area contributed by atoms with Crippen molar-refractivity contribution in [2.75, 3.05) is 12.4 Å². The number of ketones is 1. The Bertz CT molecular complexity index is 717. The lowest BCUT2D eigenvalue weighted by Gasteiger charge is -2.15. The van der Waals surface area contributed by atoms with Gasteiger partial charge in [0, 0.05) is 16.2 Å². The van der Waals surface area contributed by atoms with Crippen LogP contribution in [-0.4, -0.2) is 23.2 Å². The normalized spacial score (nSPS) is 10.7. The van der Waals surface area contributed by atoms with Crippen LogP contribution in [0.15, 0.2) is 41.3 Å². The first-order valence-corrected chi connectivity index (χ1v) is 9.39. The highest BCUT2D eigenvalue weighted by atomic mass is 32.2. The van der Waals surface area contributed by atoms with Gasteiger partial charge in [-0.15, -0.1) is 11.8 Å². The number of hydrogen-bond acceptors (Lipinski definition) is 4. The maximum atomic E-state index is 14.4. The number of ether oxygens (including phenoxy) is 1. The quantitative estimate of drug-likeness (QED) is 0.376. The number of Topliss-reactive ketones (excluding diaryl/α,β-unsaturated/α-hetero) is 1. The van der Waals surface area contributed by atoms with Crippen LogP contribution in [0, 0.1) is 5.82 Å². The van der Waals surface area contributed by atoms with Crippen molar-refractivity contribution in [1.29, 1.82) is 0 Å². The van der Waals surface area contributed by atoms with Crippen molar-refractivity contribution in [3.8, 4) is 11.5 Å². The molecular formula is C20H23FO3S. The maximum Gasteiger partial charge on any atom is 0.166 e. The van der Waals surface area contributed by atoms with Gasteiger partial charge in [-0.25, -0.2) is 4.39 Å². The standard InChI is InChI=1S/C20H23FO3S/c1-3-8-16-19(23)17(14(2)22)13-18(21)20(16)24-11-7-12-25-15-9-5-4-6-10-15/h4-6,9-10,13,23H,3,7-8,11-12H2,1-2H3. The van der Waals surface area contributed by atoms with Gasteiger partial charge in [-0.3, -0.25) is 4.79 Å². The molecule has 0 radical (unpaired) electrons. The molecule has 0 aliphatic heterocycles. The van der Waals surface area contributed by atoms with Gasteiger partial charge in [0.05, 0.1) is 12.2 Å². The van der Waals surface area contributed by atoms with Gasteiger partial charge in [-0.1, -0.05) is 31.5 Å². The van der Waals surface area contributed by atoms with Gasteiger partial charge >= 0.3 is 0 Å². The molecule has 0 heterocycles. The number of hydrogen-bond donors (Lipinski definition) is 1. The summed E-state index contributed by atoms with van der Waals surface area (Å²) < 4.78 is 20.0. The summed E-state index contributed by atoms with van der Waals surface area (Å²) in [7, 11) is 0. The Morgan fingerprint density at radius 1 is 1.28 bits per heavy atom. The zero-order valence-electron chi connectivity index (χ0n) is 14.5.